The highest BCUT2D eigenvalue weighted by atomic mass is 19.1. The molecule has 0 saturated carbocycles. The Labute approximate surface area is 131 Å². The second kappa shape index (κ2) is 7.39. The number of nitrogens with two attached hydrogens (primary N) is 1. The summed E-state index contributed by atoms with van der Waals surface area (Å²) in [5, 5.41) is 3.50. The van der Waals surface area contributed by atoms with Gasteiger partial charge in [0.1, 0.15) is 18.1 Å². The molecule has 0 unspecified atom stereocenters. The first-order valence-corrected chi connectivity index (χ1v) is 6.68. The quantitative estimate of drug-likeness (QED) is 0.521. The normalized spacial score (nSPS) is 11.9. The molecule has 0 bridgehead atoms. The SMILES string of the molecule is Cc1ccc(F)c(N=CC(COc2ncc(F)c(C)n2)=NN)c1. The summed E-state index contributed by atoms with van der Waals surface area (Å²) in [5.74, 6) is 4.26. The lowest BCUT2D eigenvalue weighted by molar-refractivity contribution is 0.343. The molecule has 0 amide bonds. The van der Waals surface area contributed by atoms with Gasteiger partial charge in [-0.15, -0.1) is 0 Å². The van der Waals surface area contributed by atoms with Gasteiger partial charge in [0.15, 0.2) is 5.82 Å². The summed E-state index contributed by atoms with van der Waals surface area (Å²) in [6, 6.07) is 4.55. The van der Waals surface area contributed by atoms with Gasteiger partial charge >= 0.3 is 6.01 Å². The van der Waals surface area contributed by atoms with Gasteiger partial charge in [-0.05, 0) is 31.5 Å². The Balaban J connectivity index is 2.04. The van der Waals surface area contributed by atoms with Crippen molar-refractivity contribution in [3.05, 3.63) is 47.3 Å². The Bertz CT molecular complexity index is 762. The third-order valence-corrected chi connectivity index (χ3v) is 2.87. The smallest absolute Gasteiger partial charge is 0.317 e. The van der Waals surface area contributed by atoms with Crippen molar-refractivity contribution in [1.29, 1.82) is 0 Å². The fraction of sp³-hybridized carbons (Fsp3) is 0.200. The highest BCUT2D eigenvalue weighted by Gasteiger charge is 2.06. The van der Waals surface area contributed by atoms with Crippen molar-refractivity contribution in [2.45, 2.75) is 13.8 Å². The van der Waals surface area contributed by atoms with Crippen molar-refractivity contribution in [2.75, 3.05) is 6.61 Å². The molecule has 6 nitrogen and oxygen atoms in total. The lowest BCUT2D eigenvalue weighted by Gasteiger charge is -2.04. The molecule has 0 atom stereocenters. The van der Waals surface area contributed by atoms with Gasteiger partial charge in [-0.1, -0.05) is 6.07 Å². The van der Waals surface area contributed by atoms with Crippen LogP contribution in [0.4, 0.5) is 14.5 Å². The van der Waals surface area contributed by atoms with Crippen LogP contribution in [-0.4, -0.2) is 28.5 Å². The molecule has 0 spiro atoms. The minimum atomic E-state index is -0.526. The standard InChI is InChI=1S/C15H15F2N5O/c1-9-3-4-12(16)14(5-9)19-6-11(22-18)8-23-15-20-7-13(17)10(2)21-15/h3-7H,8,18H2,1-2H3. The van der Waals surface area contributed by atoms with Crippen molar-refractivity contribution in [1.82, 2.24) is 9.97 Å². The maximum absolute atomic E-state index is 13.6. The van der Waals surface area contributed by atoms with Crippen LogP contribution in [0.2, 0.25) is 0 Å². The van der Waals surface area contributed by atoms with Crippen molar-refractivity contribution >= 4 is 17.6 Å². The number of hydrazone groups is 1. The van der Waals surface area contributed by atoms with Crippen LogP contribution in [0, 0.1) is 25.5 Å². The van der Waals surface area contributed by atoms with Gasteiger partial charge in [0.05, 0.1) is 23.8 Å². The summed E-state index contributed by atoms with van der Waals surface area (Å²) in [5.41, 5.74) is 1.45. The van der Waals surface area contributed by atoms with Crippen LogP contribution in [-0.2, 0) is 0 Å². The molecule has 0 aliphatic carbocycles. The molecule has 0 saturated heterocycles. The fourth-order valence-electron chi connectivity index (χ4n) is 1.61. The molecule has 0 radical (unpaired) electrons. The Kier molecular flexibility index (Phi) is 5.29. The van der Waals surface area contributed by atoms with Gasteiger partial charge in [0.2, 0.25) is 0 Å². The summed E-state index contributed by atoms with van der Waals surface area (Å²) in [6.45, 7) is 3.23. The predicted molar refractivity (Wildman–Crippen MR) is 83.1 cm³/mol. The van der Waals surface area contributed by atoms with Gasteiger partial charge in [0, 0.05) is 0 Å². The van der Waals surface area contributed by atoms with E-state index >= 15 is 0 Å². The molecule has 1 heterocycles. The van der Waals surface area contributed by atoms with E-state index in [0.29, 0.717) is 0 Å². The zero-order valence-electron chi connectivity index (χ0n) is 12.6. The van der Waals surface area contributed by atoms with E-state index in [-0.39, 0.29) is 29.7 Å². The van der Waals surface area contributed by atoms with Crippen LogP contribution in [0.5, 0.6) is 6.01 Å². The van der Waals surface area contributed by atoms with E-state index in [1.807, 2.05) is 6.92 Å². The van der Waals surface area contributed by atoms with Gasteiger partial charge < -0.3 is 10.6 Å². The van der Waals surface area contributed by atoms with Crippen molar-refractivity contribution in [3.63, 3.8) is 0 Å². The fourth-order valence-corrected chi connectivity index (χ4v) is 1.61. The number of aryl methyl sites for hydroxylation is 2. The molecule has 1 aromatic carbocycles. The molecule has 1 aromatic heterocycles. The molecular weight excluding hydrogens is 304 g/mol. The van der Waals surface area contributed by atoms with E-state index in [0.717, 1.165) is 11.8 Å². The molecule has 120 valence electrons. The molecule has 0 aliphatic heterocycles. The topological polar surface area (TPSA) is 85.8 Å². The first-order chi connectivity index (χ1) is 11.0. The Morgan fingerprint density at radius 3 is 2.78 bits per heavy atom. The summed E-state index contributed by atoms with van der Waals surface area (Å²) < 4.78 is 31.9. The van der Waals surface area contributed by atoms with E-state index in [4.69, 9.17) is 10.6 Å². The van der Waals surface area contributed by atoms with Crippen LogP contribution < -0.4 is 10.6 Å². The number of hydrogen-bond acceptors (Lipinski definition) is 6. The molecule has 2 N–H and O–H groups in total. The van der Waals surface area contributed by atoms with Crippen molar-refractivity contribution < 1.29 is 13.5 Å². The summed E-state index contributed by atoms with van der Waals surface area (Å²) in [6.07, 6.45) is 2.29. The summed E-state index contributed by atoms with van der Waals surface area (Å²) in [7, 11) is 0. The van der Waals surface area contributed by atoms with Crippen molar-refractivity contribution in [2.24, 2.45) is 15.9 Å². The summed E-state index contributed by atoms with van der Waals surface area (Å²) >= 11 is 0. The number of halogens is 2. The second-order valence-corrected chi connectivity index (χ2v) is 4.71. The Morgan fingerprint density at radius 1 is 1.30 bits per heavy atom. The van der Waals surface area contributed by atoms with E-state index in [1.165, 1.54) is 19.2 Å². The molecule has 23 heavy (non-hydrogen) atoms. The predicted octanol–water partition coefficient (Wildman–Crippen LogP) is 2.47. The van der Waals surface area contributed by atoms with Gasteiger partial charge in [0.25, 0.3) is 0 Å². The maximum atomic E-state index is 13.6. The number of aromatic nitrogens is 2. The maximum Gasteiger partial charge on any atom is 0.317 e. The first kappa shape index (κ1) is 16.5. The van der Waals surface area contributed by atoms with E-state index < -0.39 is 11.6 Å². The number of nitrogens with zero attached hydrogens (tertiary/aromatic N) is 4. The lowest BCUT2D eigenvalue weighted by atomic mass is 10.2. The minimum absolute atomic E-state index is 0.0137. The molecule has 2 aromatic rings. The van der Waals surface area contributed by atoms with Crippen molar-refractivity contribution in [3.8, 4) is 6.01 Å². The highest BCUT2D eigenvalue weighted by Crippen LogP contribution is 2.18. The third kappa shape index (κ3) is 4.53. The lowest BCUT2D eigenvalue weighted by Crippen LogP contribution is -2.16. The average molecular weight is 319 g/mol. The Hall–Kier alpha value is -2.90. The zero-order chi connectivity index (χ0) is 16.8. The van der Waals surface area contributed by atoms with Gasteiger partial charge in [-0.25, -0.2) is 13.8 Å². The zero-order valence-corrected chi connectivity index (χ0v) is 12.6. The van der Waals surface area contributed by atoms with Crippen LogP contribution in [0.15, 0.2) is 34.5 Å². The van der Waals surface area contributed by atoms with E-state index in [1.54, 1.807) is 12.1 Å². The first-order valence-electron chi connectivity index (χ1n) is 6.68. The van der Waals surface area contributed by atoms with Crippen LogP contribution in [0.25, 0.3) is 0 Å². The van der Waals surface area contributed by atoms with Gasteiger partial charge in [-0.2, -0.15) is 10.1 Å². The minimum Gasteiger partial charge on any atom is -0.457 e. The van der Waals surface area contributed by atoms with Crippen LogP contribution in [0.3, 0.4) is 0 Å². The monoisotopic (exact) mass is 319 g/mol. The number of ether oxygens (including phenoxy) is 1. The molecule has 2 rings (SSSR count). The van der Waals surface area contributed by atoms with Gasteiger partial charge in [-0.3, -0.25) is 4.99 Å². The van der Waals surface area contributed by atoms with E-state index in [9.17, 15) is 8.78 Å². The molecule has 8 heteroatoms. The highest BCUT2D eigenvalue weighted by molar-refractivity contribution is 6.31. The number of hydrogen-bond donors (Lipinski definition) is 1. The average Bonchev–Trinajstić information content (AvgIpc) is 2.54. The van der Waals surface area contributed by atoms with Crippen LogP contribution >= 0.6 is 0 Å². The van der Waals surface area contributed by atoms with E-state index in [2.05, 4.69) is 20.1 Å². The summed E-state index contributed by atoms with van der Waals surface area (Å²) in [4.78, 5) is 11.5. The molecule has 0 fully saturated rings. The number of benzene rings is 1. The number of aliphatic imine (C=N–C) groups is 1. The van der Waals surface area contributed by atoms with Crippen LogP contribution in [0.1, 0.15) is 11.3 Å². The Morgan fingerprint density at radius 2 is 2.09 bits per heavy atom. The molecular formula is C15H15F2N5O. The molecule has 0 aliphatic rings. The number of rotatable bonds is 5. The largest absolute Gasteiger partial charge is 0.457 e. The third-order valence-electron chi connectivity index (χ3n) is 2.87. The second-order valence-electron chi connectivity index (χ2n) is 4.71.